The fraction of sp³-hybridized carbons (Fsp3) is 0.750. The second kappa shape index (κ2) is 1.98. The van der Waals surface area contributed by atoms with Crippen molar-refractivity contribution < 1.29 is 18.7 Å². The average Bonchev–Trinajstić information content (AvgIpc) is 2.14. The van der Waals surface area contributed by atoms with Crippen LogP contribution in [0.5, 0.6) is 0 Å². The summed E-state index contributed by atoms with van der Waals surface area (Å²) in [5, 5.41) is 0. The van der Waals surface area contributed by atoms with E-state index in [0.29, 0.717) is 0 Å². The molecule has 0 spiro atoms. The number of cyclic esters (lactones) is 2. The highest BCUT2D eigenvalue weighted by Gasteiger charge is 2.24. The van der Waals surface area contributed by atoms with E-state index in [0.717, 1.165) is 0 Å². The molecule has 4 heteroatoms. The molecule has 1 atom stereocenters. The molecule has 8 heavy (non-hydrogen) atoms. The van der Waals surface area contributed by atoms with Crippen LogP contribution >= 0.6 is 0 Å². The number of alkyl halides is 1. The molecule has 0 N–H and O–H groups in total. The molecule has 0 aliphatic carbocycles. The number of ether oxygens (including phenoxy) is 2. The molecule has 1 fully saturated rings. The van der Waals surface area contributed by atoms with E-state index in [1.165, 1.54) is 0 Å². The van der Waals surface area contributed by atoms with Gasteiger partial charge in [-0.05, 0) is 0 Å². The molecule has 1 aliphatic rings. The Morgan fingerprint density at radius 3 is 2.88 bits per heavy atom. The lowest BCUT2D eigenvalue weighted by molar-refractivity contribution is 0.110. The second-order valence-corrected chi connectivity index (χ2v) is 1.46. The molecule has 0 amide bonds. The van der Waals surface area contributed by atoms with Crippen molar-refractivity contribution in [1.82, 2.24) is 0 Å². The topological polar surface area (TPSA) is 35.5 Å². The zero-order chi connectivity index (χ0) is 5.98. The van der Waals surface area contributed by atoms with Gasteiger partial charge in [0.2, 0.25) is 0 Å². The van der Waals surface area contributed by atoms with Crippen LogP contribution in [0.1, 0.15) is 0 Å². The summed E-state index contributed by atoms with van der Waals surface area (Å²) in [5.74, 6) is 0. The molecule has 0 saturated carbocycles. The van der Waals surface area contributed by atoms with E-state index in [2.05, 4.69) is 9.47 Å². The third-order valence-corrected chi connectivity index (χ3v) is 0.822. The number of carbonyl (C=O) groups is 1. The summed E-state index contributed by atoms with van der Waals surface area (Å²) < 4.78 is 20.0. The fourth-order valence-corrected chi connectivity index (χ4v) is 0.441. The minimum absolute atomic E-state index is 0.0509. The molecule has 1 saturated heterocycles. The van der Waals surface area contributed by atoms with E-state index in [4.69, 9.17) is 0 Å². The van der Waals surface area contributed by atoms with Crippen molar-refractivity contribution in [2.24, 2.45) is 0 Å². The van der Waals surface area contributed by atoms with Crippen LogP contribution in [0.2, 0.25) is 0 Å². The lowest BCUT2D eigenvalue weighted by atomic mass is 10.4. The summed E-state index contributed by atoms with van der Waals surface area (Å²) in [5.41, 5.74) is 0. The minimum Gasteiger partial charge on any atom is -0.430 e. The Labute approximate surface area is 45.4 Å². The second-order valence-electron chi connectivity index (χ2n) is 1.46. The van der Waals surface area contributed by atoms with E-state index in [-0.39, 0.29) is 6.61 Å². The normalized spacial score (nSPS) is 27.1. The molecule has 0 aromatic rings. The summed E-state index contributed by atoms with van der Waals surface area (Å²) in [4.78, 5) is 10.0. The van der Waals surface area contributed by atoms with Crippen molar-refractivity contribution >= 4 is 6.16 Å². The largest absolute Gasteiger partial charge is 0.508 e. The maximum atomic E-state index is 11.5. The fourth-order valence-electron chi connectivity index (χ4n) is 0.441. The summed E-state index contributed by atoms with van der Waals surface area (Å²) in [6.45, 7) is -0.610. The molecule has 1 unspecified atom stereocenters. The summed E-state index contributed by atoms with van der Waals surface area (Å²) in [6.07, 6.45) is -1.44. The number of hydrogen-bond acceptors (Lipinski definition) is 3. The van der Waals surface area contributed by atoms with E-state index >= 15 is 0 Å². The van der Waals surface area contributed by atoms with Crippen molar-refractivity contribution in [2.45, 2.75) is 6.10 Å². The van der Waals surface area contributed by atoms with Crippen LogP contribution in [0.4, 0.5) is 9.18 Å². The summed E-state index contributed by atoms with van der Waals surface area (Å²) in [6, 6.07) is 0. The Morgan fingerprint density at radius 2 is 2.62 bits per heavy atom. The Hall–Kier alpha value is -0.800. The first kappa shape index (κ1) is 5.34. The molecule has 0 aromatic carbocycles. The molecule has 1 aliphatic heterocycles. The Morgan fingerprint density at radius 1 is 1.88 bits per heavy atom. The first-order chi connectivity index (χ1) is 3.83. The van der Waals surface area contributed by atoms with Crippen molar-refractivity contribution in [3.8, 4) is 0 Å². The van der Waals surface area contributed by atoms with Gasteiger partial charge >= 0.3 is 6.16 Å². The van der Waals surface area contributed by atoms with Crippen molar-refractivity contribution in [3.63, 3.8) is 0 Å². The molecular weight excluding hydrogens is 115 g/mol. The highest BCUT2D eigenvalue weighted by atomic mass is 19.1. The molecular formula is C4H5FO3. The van der Waals surface area contributed by atoms with Gasteiger partial charge in [0.25, 0.3) is 0 Å². The first-order valence-electron chi connectivity index (χ1n) is 2.22. The maximum absolute atomic E-state index is 11.5. The van der Waals surface area contributed by atoms with Crippen molar-refractivity contribution in [1.29, 1.82) is 0 Å². The number of halogens is 1. The number of hydrogen-bond donors (Lipinski definition) is 0. The average molecular weight is 120 g/mol. The monoisotopic (exact) mass is 120 g/mol. The van der Waals surface area contributed by atoms with Crippen LogP contribution in [0, 0.1) is 0 Å². The predicted octanol–water partition coefficient (Wildman–Crippen LogP) is 0.491. The summed E-state index contributed by atoms with van der Waals surface area (Å²) >= 11 is 0. The van der Waals surface area contributed by atoms with Crippen LogP contribution in [-0.4, -0.2) is 25.5 Å². The van der Waals surface area contributed by atoms with Crippen LogP contribution in [0.15, 0.2) is 0 Å². The lowest BCUT2D eigenvalue weighted by Gasteiger charge is -1.94. The SMILES string of the molecule is O=C1OCC(CF)O1. The van der Waals surface area contributed by atoms with Gasteiger partial charge in [-0.25, -0.2) is 9.18 Å². The van der Waals surface area contributed by atoms with E-state index in [9.17, 15) is 9.18 Å². The van der Waals surface area contributed by atoms with Gasteiger partial charge in [-0.2, -0.15) is 0 Å². The van der Waals surface area contributed by atoms with Gasteiger partial charge in [0.05, 0.1) is 0 Å². The predicted molar refractivity (Wildman–Crippen MR) is 22.2 cm³/mol. The third kappa shape index (κ3) is 0.882. The summed E-state index contributed by atoms with van der Waals surface area (Å²) in [7, 11) is 0. The smallest absolute Gasteiger partial charge is 0.430 e. The molecule has 0 aromatic heterocycles. The highest BCUT2D eigenvalue weighted by molar-refractivity contribution is 5.61. The van der Waals surface area contributed by atoms with Crippen LogP contribution < -0.4 is 0 Å². The zero-order valence-corrected chi connectivity index (χ0v) is 4.09. The van der Waals surface area contributed by atoms with Gasteiger partial charge in [0.1, 0.15) is 13.3 Å². The molecule has 1 heterocycles. The number of rotatable bonds is 1. The molecule has 3 nitrogen and oxygen atoms in total. The molecule has 46 valence electrons. The molecule has 1 rings (SSSR count). The molecule has 0 bridgehead atoms. The Balaban J connectivity index is 2.32. The van der Waals surface area contributed by atoms with E-state index in [1.54, 1.807) is 0 Å². The highest BCUT2D eigenvalue weighted by Crippen LogP contribution is 2.05. The van der Waals surface area contributed by atoms with E-state index < -0.39 is 18.9 Å². The lowest BCUT2D eigenvalue weighted by Crippen LogP contribution is -2.11. The third-order valence-electron chi connectivity index (χ3n) is 0.822. The van der Waals surface area contributed by atoms with Gasteiger partial charge in [-0.1, -0.05) is 0 Å². The van der Waals surface area contributed by atoms with Gasteiger partial charge in [0, 0.05) is 0 Å². The quantitative estimate of drug-likeness (QED) is 0.472. The zero-order valence-electron chi connectivity index (χ0n) is 4.09. The Bertz CT molecular complexity index is 103. The molecule has 0 radical (unpaired) electrons. The van der Waals surface area contributed by atoms with Crippen LogP contribution in [0.25, 0.3) is 0 Å². The van der Waals surface area contributed by atoms with Gasteiger partial charge in [0.15, 0.2) is 6.10 Å². The number of carbonyl (C=O) groups excluding carboxylic acids is 1. The van der Waals surface area contributed by atoms with Gasteiger partial charge < -0.3 is 9.47 Å². The van der Waals surface area contributed by atoms with Crippen molar-refractivity contribution in [3.05, 3.63) is 0 Å². The Kier molecular flexibility index (Phi) is 1.32. The maximum Gasteiger partial charge on any atom is 0.508 e. The van der Waals surface area contributed by atoms with Crippen LogP contribution in [-0.2, 0) is 9.47 Å². The van der Waals surface area contributed by atoms with Gasteiger partial charge in [-0.3, -0.25) is 0 Å². The van der Waals surface area contributed by atoms with Crippen molar-refractivity contribution in [2.75, 3.05) is 13.3 Å². The van der Waals surface area contributed by atoms with E-state index in [1.807, 2.05) is 0 Å². The standard InChI is InChI=1S/C4H5FO3/c5-1-3-2-7-4(6)8-3/h3H,1-2H2. The minimum atomic E-state index is -0.771. The first-order valence-corrected chi connectivity index (χ1v) is 2.22. The van der Waals surface area contributed by atoms with Crippen LogP contribution in [0.3, 0.4) is 0 Å². The van der Waals surface area contributed by atoms with Gasteiger partial charge in [-0.15, -0.1) is 0 Å².